The molecule has 0 aliphatic heterocycles. The maximum atomic E-state index is 9.32. The van der Waals surface area contributed by atoms with Gasteiger partial charge in [0.05, 0.1) is 12.6 Å². The number of nitrogens with zero attached hydrogens (tertiary/aromatic N) is 2. The Morgan fingerprint density at radius 2 is 2.05 bits per heavy atom. The van der Waals surface area contributed by atoms with Crippen LogP contribution >= 0.6 is 0 Å². The van der Waals surface area contributed by atoms with Crippen molar-refractivity contribution in [1.82, 2.24) is 9.97 Å². The lowest BCUT2D eigenvalue weighted by atomic mass is 10.1. The summed E-state index contributed by atoms with van der Waals surface area (Å²) in [6.07, 6.45) is 0. The third kappa shape index (κ3) is 4.98. The molecule has 0 amide bonds. The van der Waals surface area contributed by atoms with Gasteiger partial charge in [-0.25, -0.2) is 15.8 Å². The van der Waals surface area contributed by atoms with Crippen molar-refractivity contribution in [3.8, 4) is 0 Å². The third-order valence-corrected chi connectivity index (χ3v) is 2.69. The zero-order valence-electron chi connectivity index (χ0n) is 11.7. The van der Waals surface area contributed by atoms with E-state index in [0.717, 1.165) is 0 Å². The fourth-order valence-electron chi connectivity index (χ4n) is 1.52. The summed E-state index contributed by atoms with van der Waals surface area (Å²) in [7, 11) is 0. The van der Waals surface area contributed by atoms with E-state index in [0.29, 0.717) is 30.7 Å². The van der Waals surface area contributed by atoms with Crippen LogP contribution in [-0.2, 0) is 11.3 Å². The van der Waals surface area contributed by atoms with E-state index in [2.05, 4.69) is 20.7 Å². The molecule has 108 valence electrons. The number of hydrogen-bond acceptors (Lipinski definition) is 7. The Labute approximate surface area is 113 Å². The highest BCUT2D eigenvalue weighted by Gasteiger charge is 2.13. The Balaban J connectivity index is 2.86. The average Bonchev–Trinajstić information content (AvgIpc) is 2.41. The highest BCUT2D eigenvalue weighted by Crippen LogP contribution is 2.14. The van der Waals surface area contributed by atoms with Gasteiger partial charge in [0.25, 0.3) is 0 Å². The number of hydrazine groups is 1. The SMILES string of the molecule is CCOCc1nc(NN)cc(N[C@H](CO)C(C)C)n1. The van der Waals surface area contributed by atoms with Crippen molar-refractivity contribution in [2.24, 2.45) is 11.8 Å². The molecule has 0 aromatic carbocycles. The quantitative estimate of drug-likeness (QED) is 0.407. The Bertz CT molecular complexity index is 386. The molecule has 1 rings (SSSR count). The van der Waals surface area contributed by atoms with Crippen LogP contribution in [0.25, 0.3) is 0 Å². The minimum absolute atomic E-state index is 0.0356. The predicted molar refractivity (Wildman–Crippen MR) is 74.5 cm³/mol. The zero-order valence-corrected chi connectivity index (χ0v) is 11.7. The first-order valence-corrected chi connectivity index (χ1v) is 6.40. The van der Waals surface area contributed by atoms with Crippen molar-refractivity contribution < 1.29 is 9.84 Å². The van der Waals surface area contributed by atoms with Crippen LogP contribution in [0.4, 0.5) is 11.6 Å². The van der Waals surface area contributed by atoms with Crippen molar-refractivity contribution in [2.75, 3.05) is 24.0 Å². The first-order chi connectivity index (χ1) is 9.10. The van der Waals surface area contributed by atoms with Crippen LogP contribution in [0, 0.1) is 5.92 Å². The lowest BCUT2D eigenvalue weighted by molar-refractivity contribution is 0.128. The number of ether oxygens (including phenoxy) is 1. The summed E-state index contributed by atoms with van der Waals surface area (Å²) < 4.78 is 5.28. The van der Waals surface area contributed by atoms with E-state index in [1.54, 1.807) is 6.07 Å². The van der Waals surface area contributed by atoms with E-state index in [-0.39, 0.29) is 18.6 Å². The number of hydrogen-bond donors (Lipinski definition) is 4. The molecule has 0 bridgehead atoms. The molecule has 0 radical (unpaired) electrons. The Morgan fingerprint density at radius 3 is 2.58 bits per heavy atom. The minimum atomic E-state index is -0.0690. The van der Waals surface area contributed by atoms with Gasteiger partial charge in [-0.05, 0) is 12.8 Å². The number of aromatic nitrogens is 2. The number of nitrogens with one attached hydrogen (secondary N) is 2. The summed E-state index contributed by atoms with van der Waals surface area (Å²) >= 11 is 0. The van der Waals surface area contributed by atoms with E-state index < -0.39 is 0 Å². The molecular formula is C12H23N5O2. The van der Waals surface area contributed by atoms with Crippen LogP contribution in [0.1, 0.15) is 26.6 Å². The first kappa shape index (κ1) is 15.6. The summed E-state index contributed by atoms with van der Waals surface area (Å²) in [5.74, 6) is 7.33. The van der Waals surface area contributed by atoms with Gasteiger partial charge in [-0.15, -0.1) is 0 Å². The summed E-state index contributed by atoms with van der Waals surface area (Å²) in [6.45, 7) is 6.92. The lowest BCUT2D eigenvalue weighted by Gasteiger charge is -2.21. The number of aliphatic hydroxyl groups is 1. The number of anilines is 2. The molecule has 7 nitrogen and oxygen atoms in total. The average molecular weight is 269 g/mol. The van der Waals surface area contributed by atoms with Gasteiger partial charge in [-0.3, -0.25) is 0 Å². The van der Waals surface area contributed by atoms with Crippen LogP contribution in [0.3, 0.4) is 0 Å². The van der Waals surface area contributed by atoms with Crippen molar-refractivity contribution in [2.45, 2.75) is 33.4 Å². The first-order valence-electron chi connectivity index (χ1n) is 6.40. The Morgan fingerprint density at radius 1 is 1.37 bits per heavy atom. The molecule has 1 heterocycles. The van der Waals surface area contributed by atoms with Gasteiger partial charge in [0.1, 0.15) is 18.2 Å². The molecule has 19 heavy (non-hydrogen) atoms. The summed E-state index contributed by atoms with van der Waals surface area (Å²) in [5, 5.41) is 12.5. The Kier molecular flexibility index (Phi) is 6.48. The van der Waals surface area contributed by atoms with Crippen LogP contribution in [0.2, 0.25) is 0 Å². The molecule has 1 aromatic heterocycles. The summed E-state index contributed by atoms with van der Waals surface area (Å²) in [4.78, 5) is 8.53. The van der Waals surface area contributed by atoms with Crippen LogP contribution in [0.5, 0.6) is 0 Å². The van der Waals surface area contributed by atoms with E-state index in [9.17, 15) is 5.11 Å². The number of rotatable bonds is 8. The van der Waals surface area contributed by atoms with E-state index in [4.69, 9.17) is 10.6 Å². The normalized spacial score (nSPS) is 12.5. The summed E-state index contributed by atoms with van der Waals surface area (Å²) in [6, 6.07) is 1.63. The molecule has 0 spiro atoms. The fourth-order valence-corrected chi connectivity index (χ4v) is 1.52. The highest BCUT2D eigenvalue weighted by molar-refractivity contribution is 5.47. The number of nitrogens with two attached hydrogens (primary N) is 1. The van der Waals surface area contributed by atoms with Crippen molar-refractivity contribution in [3.63, 3.8) is 0 Å². The van der Waals surface area contributed by atoms with Gasteiger partial charge in [0, 0.05) is 12.7 Å². The van der Waals surface area contributed by atoms with E-state index in [1.807, 2.05) is 20.8 Å². The molecular weight excluding hydrogens is 246 g/mol. The monoisotopic (exact) mass is 269 g/mol. The van der Waals surface area contributed by atoms with Gasteiger partial charge in [0.15, 0.2) is 5.82 Å². The maximum absolute atomic E-state index is 9.32. The zero-order chi connectivity index (χ0) is 14.3. The van der Waals surface area contributed by atoms with Crippen molar-refractivity contribution in [3.05, 3.63) is 11.9 Å². The molecule has 0 saturated carbocycles. The van der Waals surface area contributed by atoms with Gasteiger partial charge in [-0.2, -0.15) is 0 Å². The second-order valence-electron chi connectivity index (χ2n) is 4.51. The van der Waals surface area contributed by atoms with Gasteiger partial charge < -0.3 is 20.6 Å². The molecule has 5 N–H and O–H groups in total. The maximum Gasteiger partial charge on any atom is 0.158 e. The largest absolute Gasteiger partial charge is 0.394 e. The molecule has 0 aliphatic rings. The van der Waals surface area contributed by atoms with Gasteiger partial charge in [0.2, 0.25) is 0 Å². The van der Waals surface area contributed by atoms with E-state index >= 15 is 0 Å². The van der Waals surface area contributed by atoms with E-state index in [1.165, 1.54) is 0 Å². The smallest absolute Gasteiger partial charge is 0.158 e. The standard InChI is InChI=1S/C12H23N5O2/c1-4-19-7-12-15-10(5-11(16-12)17-13)14-9(6-18)8(2)3/h5,8-9,18H,4,6-7,13H2,1-3H3,(H2,14,15,16,17)/t9-/m1/s1. The van der Waals surface area contributed by atoms with Crippen LogP contribution in [-0.4, -0.2) is 34.3 Å². The van der Waals surface area contributed by atoms with Crippen LogP contribution in [0.15, 0.2) is 6.07 Å². The lowest BCUT2D eigenvalue weighted by Crippen LogP contribution is -2.30. The minimum Gasteiger partial charge on any atom is -0.394 e. The van der Waals surface area contributed by atoms with Gasteiger partial charge in [-0.1, -0.05) is 13.8 Å². The van der Waals surface area contributed by atoms with Crippen molar-refractivity contribution >= 4 is 11.6 Å². The Hall–Kier alpha value is -1.44. The number of aliphatic hydroxyl groups excluding tert-OH is 1. The number of nitrogen functional groups attached to an aromatic ring is 1. The molecule has 1 aromatic rings. The molecule has 0 saturated heterocycles. The molecule has 0 unspecified atom stereocenters. The highest BCUT2D eigenvalue weighted by atomic mass is 16.5. The molecule has 0 fully saturated rings. The van der Waals surface area contributed by atoms with Gasteiger partial charge >= 0.3 is 0 Å². The fraction of sp³-hybridized carbons (Fsp3) is 0.667. The topological polar surface area (TPSA) is 105 Å². The second kappa shape index (κ2) is 7.88. The molecule has 0 aliphatic carbocycles. The van der Waals surface area contributed by atoms with Crippen LogP contribution < -0.4 is 16.6 Å². The summed E-state index contributed by atoms with van der Waals surface area (Å²) in [5.41, 5.74) is 2.50. The second-order valence-corrected chi connectivity index (χ2v) is 4.51. The molecule has 7 heteroatoms. The molecule has 1 atom stereocenters. The van der Waals surface area contributed by atoms with Crippen molar-refractivity contribution in [1.29, 1.82) is 0 Å². The third-order valence-electron chi connectivity index (χ3n) is 2.69. The predicted octanol–water partition coefficient (Wildman–Crippen LogP) is 0.727.